The highest BCUT2D eigenvalue weighted by molar-refractivity contribution is 5.71. The molecule has 0 aliphatic rings. The van der Waals surface area contributed by atoms with Crippen molar-refractivity contribution in [2.75, 3.05) is 13.2 Å². The fourth-order valence-electron chi connectivity index (χ4n) is 7.55. The summed E-state index contributed by atoms with van der Waals surface area (Å²) in [5.41, 5.74) is 0. The van der Waals surface area contributed by atoms with Crippen LogP contribution >= 0.6 is 0 Å². The minimum Gasteiger partial charge on any atom is -0.462 e. The Labute approximate surface area is 390 Å². The number of carbonyl (C=O) groups is 3. The van der Waals surface area contributed by atoms with Crippen LogP contribution in [-0.4, -0.2) is 37.2 Å². The van der Waals surface area contributed by atoms with Crippen LogP contribution < -0.4 is 0 Å². The molecular weight excluding hydrogens is 781 g/mol. The van der Waals surface area contributed by atoms with Gasteiger partial charge < -0.3 is 14.2 Å². The van der Waals surface area contributed by atoms with E-state index in [0.717, 1.165) is 77.0 Å². The number of carbonyl (C=O) groups excluding carboxylic acids is 3. The molecule has 0 spiro atoms. The zero-order valence-electron chi connectivity index (χ0n) is 41.6. The van der Waals surface area contributed by atoms with Gasteiger partial charge in [-0.2, -0.15) is 0 Å². The lowest BCUT2D eigenvalue weighted by Gasteiger charge is -2.18. The molecule has 0 saturated heterocycles. The average molecular weight is 881 g/mol. The lowest BCUT2D eigenvalue weighted by molar-refractivity contribution is -0.166. The highest BCUT2D eigenvalue weighted by Gasteiger charge is 2.19. The number of rotatable bonds is 48. The van der Waals surface area contributed by atoms with E-state index in [4.69, 9.17) is 14.2 Å². The summed E-state index contributed by atoms with van der Waals surface area (Å²) in [5, 5.41) is 0. The number of esters is 3. The first-order valence-corrected chi connectivity index (χ1v) is 26.8. The van der Waals surface area contributed by atoms with Crippen molar-refractivity contribution in [1.82, 2.24) is 0 Å². The van der Waals surface area contributed by atoms with Crippen LogP contribution in [0.2, 0.25) is 0 Å². The van der Waals surface area contributed by atoms with Crippen molar-refractivity contribution in [3.63, 3.8) is 0 Å². The molecule has 1 unspecified atom stereocenters. The summed E-state index contributed by atoms with van der Waals surface area (Å²) in [4.78, 5) is 37.9. The number of ether oxygens (including phenoxy) is 3. The van der Waals surface area contributed by atoms with Gasteiger partial charge in [0.05, 0.1) is 0 Å². The normalized spacial score (nSPS) is 12.5. The molecule has 0 aromatic carbocycles. The Bertz CT molecular complexity index is 1150. The molecule has 0 rings (SSSR count). The van der Waals surface area contributed by atoms with Crippen molar-refractivity contribution in [3.8, 4) is 0 Å². The van der Waals surface area contributed by atoms with Crippen molar-refractivity contribution in [1.29, 1.82) is 0 Å². The Balaban J connectivity index is 4.38. The van der Waals surface area contributed by atoms with Gasteiger partial charge in [-0.05, 0) is 57.8 Å². The molecule has 0 aliphatic carbocycles. The van der Waals surface area contributed by atoms with Crippen LogP contribution in [0.25, 0.3) is 0 Å². The lowest BCUT2D eigenvalue weighted by Crippen LogP contribution is -2.30. The number of unbranched alkanes of at least 4 members (excludes halogenated alkanes) is 29. The van der Waals surface area contributed by atoms with Crippen molar-refractivity contribution < 1.29 is 28.6 Å². The first-order chi connectivity index (χ1) is 31.0. The van der Waals surface area contributed by atoms with Gasteiger partial charge in [-0.15, -0.1) is 0 Å². The van der Waals surface area contributed by atoms with E-state index in [1.807, 2.05) is 6.08 Å². The molecule has 0 aliphatic heterocycles. The number of hydrogen-bond acceptors (Lipinski definition) is 6. The molecule has 0 aromatic rings. The number of hydrogen-bond donors (Lipinski definition) is 0. The molecular formula is C57H100O6. The Morgan fingerprint density at radius 3 is 1.17 bits per heavy atom. The molecule has 0 radical (unpaired) electrons. The van der Waals surface area contributed by atoms with Gasteiger partial charge in [-0.25, -0.2) is 0 Å². The van der Waals surface area contributed by atoms with Crippen LogP contribution in [0.1, 0.15) is 265 Å². The van der Waals surface area contributed by atoms with Crippen LogP contribution in [0.5, 0.6) is 0 Å². The van der Waals surface area contributed by atoms with E-state index in [1.54, 1.807) is 0 Å². The smallest absolute Gasteiger partial charge is 0.306 e. The first-order valence-electron chi connectivity index (χ1n) is 26.8. The van der Waals surface area contributed by atoms with Gasteiger partial charge in [-0.1, -0.05) is 248 Å². The van der Waals surface area contributed by atoms with Crippen LogP contribution in [0, 0.1) is 0 Å². The van der Waals surface area contributed by atoms with E-state index < -0.39 is 6.10 Å². The van der Waals surface area contributed by atoms with E-state index in [-0.39, 0.29) is 37.5 Å². The molecule has 0 aromatic heterocycles. The van der Waals surface area contributed by atoms with Crippen molar-refractivity contribution in [2.24, 2.45) is 0 Å². The lowest BCUT2D eigenvalue weighted by atomic mass is 10.0. The summed E-state index contributed by atoms with van der Waals surface area (Å²) >= 11 is 0. The van der Waals surface area contributed by atoms with E-state index in [2.05, 4.69) is 75.5 Å². The minimum atomic E-state index is -0.805. The monoisotopic (exact) mass is 881 g/mol. The molecule has 364 valence electrons. The topological polar surface area (TPSA) is 78.9 Å². The molecule has 63 heavy (non-hydrogen) atoms. The van der Waals surface area contributed by atoms with Crippen molar-refractivity contribution >= 4 is 17.9 Å². The van der Waals surface area contributed by atoms with Crippen LogP contribution in [0.4, 0.5) is 0 Å². The zero-order chi connectivity index (χ0) is 45.8. The van der Waals surface area contributed by atoms with Gasteiger partial charge in [0, 0.05) is 19.3 Å². The Morgan fingerprint density at radius 2 is 0.714 bits per heavy atom. The molecule has 0 amide bonds. The molecule has 0 N–H and O–H groups in total. The molecule has 1 atom stereocenters. The maximum absolute atomic E-state index is 12.8. The molecule has 6 heteroatoms. The number of allylic oxidation sites excluding steroid dienone is 10. The van der Waals surface area contributed by atoms with Gasteiger partial charge in [0.1, 0.15) is 13.2 Å². The third kappa shape index (κ3) is 50.0. The Morgan fingerprint density at radius 1 is 0.349 bits per heavy atom. The van der Waals surface area contributed by atoms with Crippen molar-refractivity contribution in [3.05, 3.63) is 60.8 Å². The van der Waals surface area contributed by atoms with Gasteiger partial charge >= 0.3 is 17.9 Å². The largest absolute Gasteiger partial charge is 0.462 e. The second-order valence-electron chi connectivity index (χ2n) is 17.8. The van der Waals surface area contributed by atoms with Crippen LogP contribution in [0.15, 0.2) is 60.8 Å². The second kappa shape index (κ2) is 51.7. The highest BCUT2D eigenvalue weighted by Crippen LogP contribution is 2.16. The first kappa shape index (κ1) is 60.1. The van der Waals surface area contributed by atoms with Gasteiger partial charge in [0.2, 0.25) is 0 Å². The third-order valence-corrected chi connectivity index (χ3v) is 11.6. The maximum atomic E-state index is 12.8. The molecule has 6 nitrogen and oxygen atoms in total. The molecule has 0 bridgehead atoms. The SMILES string of the molecule is CC/C=C/C=C/C=C/CCCCCCCC(=O)OC(COC(=O)CC/C=C/C/C=C/CCCCCCCC)COC(=O)CCCCCCCCCCCCCCCCCCCCC. The predicted molar refractivity (Wildman–Crippen MR) is 270 cm³/mol. The van der Waals surface area contributed by atoms with Gasteiger partial charge in [0.25, 0.3) is 0 Å². The van der Waals surface area contributed by atoms with E-state index in [0.29, 0.717) is 19.3 Å². The Kier molecular flexibility index (Phi) is 49.4. The summed E-state index contributed by atoms with van der Waals surface area (Å²) in [6.45, 7) is 6.45. The fourth-order valence-corrected chi connectivity index (χ4v) is 7.55. The van der Waals surface area contributed by atoms with Crippen molar-refractivity contribution in [2.45, 2.75) is 271 Å². The predicted octanol–water partition coefficient (Wildman–Crippen LogP) is 17.6. The van der Waals surface area contributed by atoms with Crippen LogP contribution in [0.3, 0.4) is 0 Å². The maximum Gasteiger partial charge on any atom is 0.306 e. The van der Waals surface area contributed by atoms with Gasteiger partial charge in [-0.3, -0.25) is 14.4 Å². The van der Waals surface area contributed by atoms with E-state index >= 15 is 0 Å². The summed E-state index contributed by atoms with van der Waals surface area (Å²) < 4.78 is 16.7. The highest BCUT2D eigenvalue weighted by atomic mass is 16.6. The Hall–Kier alpha value is -2.89. The quantitative estimate of drug-likeness (QED) is 0.0199. The summed E-state index contributed by atoms with van der Waals surface area (Å²) in [6, 6.07) is 0. The third-order valence-electron chi connectivity index (χ3n) is 11.6. The summed E-state index contributed by atoms with van der Waals surface area (Å²) in [7, 11) is 0. The standard InChI is InChI=1S/C57H100O6/c1-4-7-10-13-16-19-22-25-26-27-28-29-30-33-35-38-41-44-47-50-56(59)62-53-54(63-57(60)51-48-45-42-39-36-32-24-21-18-15-12-9-6-3)52-61-55(58)49-46-43-40-37-34-31-23-20-17-14-11-8-5-2/h9,12,15,18,21,24,31,34,40,43,54H,4-8,10-11,13-14,16-17,19-20,22-23,25-30,32-33,35-39,41-42,44-53H2,1-3H3/b12-9+,18-15+,24-21+,34-31+,43-40+. The van der Waals surface area contributed by atoms with Gasteiger partial charge in [0.15, 0.2) is 6.10 Å². The fraction of sp³-hybridized carbons (Fsp3) is 0.772. The minimum absolute atomic E-state index is 0.0977. The molecule has 0 saturated carbocycles. The van der Waals surface area contributed by atoms with E-state index in [1.165, 1.54) is 141 Å². The molecule has 0 fully saturated rings. The zero-order valence-corrected chi connectivity index (χ0v) is 41.6. The summed E-state index contributed by atoms with van der Waals surface area (Å²) in [6.07, 6.45) is 63.7. The summed E-state index contributed by atoms with van der Waals surface area (Å²) in [5.74, 6) is -0.983. The second-order valence-corrected chi connectivity index (χ2v) is 17.8. The van der Waals surface area contributed by atoms with Crippen LogP contribution in [-0.2, 0) is 28.6 Å². The average Bonchev–Trinajstić information content (AvgIpc) is 3.28. The van der Waals surface area contributed by atoms with E-state index in [9.17, 15) is 14.4 Å². The molecule has 0 heterocycles.